The van der Waals surface area contributed by atoms with Gasteiger partial charge in [-0.3, -0.25) is 9.59 Å². The Kier molecular flexibility index (Phi) is 5.56. The van der Waals surface area contributed by atoms with Gasteiger partial charge in [0, 0.05) is 18.8 Å². The number of fused-ring (bicyclic) bond motifs is 1. The van der Waals surface area contributed by atoms with Gasteiger partial charge in [-0.2, -0.15) is 0 Å². The van der Waals surface area contributed by atoms with Crippen LogP contribution in [0.15, 0.2) is 48.7 Å². The van der Waals surface area contributed by atoms with Crippen LogP contribution in [0.25, 0.3) is 16.1 Å². The number of carbonyl (C=O) groups excluding carboxylic acids is 2. The van der Waals surface area contributed by atoms with E-state index >= 15 is 0 Å². The van der Waals surface area contributed by atoms with Crippen molar-refractivity contribution in [2.75, 3.05) is 18.6 Å². The van der Waals surface area contributed by atoms with Crippen LogP contribution in [-0.2, 0) is 4.79 Å². The van der Waals surface area contributed by atoms with Crippen LogP contribution < -0.4 is 15.0 Å². The zero-order valence-electron chi connectivity index (χ0n) is 17.9. The Morgan fingerprint density at radius 3 is 2.69 bits per heavy atom. The first-order valence-electron chi connectivity index (χ1n) is 10.0. The number of ether oxygens (including phenoxy) is 1. The second-order valence-electron chi connectivity index (χ2n) is 7.59. The molecule has 0 aliphatic carbocycles. The molecule has 1 aliphatic heterocycles. The van der Waals surface area contributed by atoms with E-state index in [4.69, 9.17) is 11.3 Å². The normalized spacial score (nSPS) is 15.2. The predicted molar refractivity (Wildman–Crippen MR) is 120 cm³/mol. The van der Waals surface area contributed by atoms with Gasteiger partial charge in [0.15, 0.2) is 5.69 Å². The number of hydrogen-bond donors (Lipinski definition) is 1. The number of amides is 2. The van der Waals surface area contributed by atoms with E-state index in [2.05, 4.69) is 20.1 Å². The molecule has 2 aromatic carbocycles. The molecule has 1 atom stereocenters. The highest BCUT2D eigenvalue weighted by molar-refractivity contribution is 6.02. The molecule has 3 aromatic rings. The summed E-state index contributed by atoms with van der Waals surface area (Å²) in [7, 11) is 1.60. The minimum atomic E-state index is -0.927. The number of carbonyl (C=O) groups is 2. The lowest BCUT2D eigenvalue weighted by atomic mass is 10.1. The van der Waals surface area contributed by atoms with Gasteiger partial charge in [0.25, 0.3) is 11.8 Å². The maximum atomic E-state index is 12.9. The lowest BCUT2D eigenvalue weighted by molar-refractivity contribution is -0.120. The molecule has 1 aromatic heterocycles. The third-order valence-electron chi connectivity index (χ3n) is 5.27. The molecule has 1 N–H and O–H groups in total. The van der Waals surface area contributed by atoms with Crippen LogP contribution in [0.1, 0.15) is 21.7 Å². The second-order valence-corrected chi connectivity index (χ2v) is 7.59. The number of nitrogens with one attached hydrogen (secondary N) is 1. The van der Waals surface area contributed by atoms with Gasteiger partial charge < -0.3 is 15.0 Å². The first-order chi connectivity index (χ1) is 15.4. The standard InChI is InChI=1S/C24H21N5O3/c1-14-5-7-16(8-6-14)21-15(2)12-26-22(28-21)23(30)27-18-13-32-20-11-17(25-3)9-10-19(20)29(4)24(18)31/h5-12,18H,13H2,1-2,4H3,(H,27,30)/t18-/m0/s1. The number of benzene rings is 2. The molecular formula is C24H21N5O3. The maximum Gasteiger partial charge on any atom is 0.289 e. The lowest BCUT2D eigenvalue weighted by Crippen LogP contribution is -2.49. The Labute approximate surface area is 185 Å². The molecule has 0 radical (unpaired) electrons. The predicted octanol–water partition coefficient (Wildman–Crippen LogP) is 3.47. The topological polar surface area (TPSA) is 88.8 Å². The van der Waals surface area contributed by atoms with E-state index in [0.29, 0.717) is 22.8 Å². The monoisotopic (exact) mass is 427 g/mol. The molecule has 2 heterocycles. The molecule has 0 bridgehead atoms. The van der Waals surface area contributed by atoms with E-state index in [1.807, 2.05) is 38.1 Å². The van der Waals surface area contributed by atoms with E-state index in [9.17, 15) is 9.59 Å². The molecule has 32 heavy (non-hydrogen) atoms. The minimum absolute atomic E-state index is 0.0290. The molecule has 8 heteroatoms. The summed E-state index contributed by atoms with van der Waals surface area (Å²) >= 11 is 0. The van der Waals surface area contributed by atoms with E-state index in [-0.39, 0.29) is 18.3 Å². The fourth-order valence-electron chi connectivity index (χ4n) is 3.44. The Hall–Kier alpha value is -4.25. The Bertz CT molecular complexity index is 1250. The van der Waals surface area contributed by atoms with Gasteiger partial charge in [-0.15, -0.1) is 0 Å². The smallest absolute Gasteiger partial charge is 0.289 e. The molecule has 1 aliphatic rings. The van der Waals surface area contributed by atoms with Crippen molar-refractivity contribution in [1.29, 1.82) is 0 Å². The highest BCUT2D eigenvalue weighted by Crippen LogP contribution is 2.34. The molecule has 0 unspecified atom stereocenters. The summed E-state index contributed by atoms with van der Waals surface area (Å²) in [6, 6.07) is 11.8. The number of nitrogens with zero attached hydrogens (tertiary/aromatic N) is 4. The Morgan fingerprint density at radius 2 is 1.97 bits per heavy atom. The molecule has 0 fully saturated rings. The van der Waals surface area contributed by atoms with E-state index in [1.54, 1.807) is 31.4 Å². The van der Waals surface area contributed by atoms with Crippen molar-refractivity contribution < 1.29 is 14.3 Å². The molecule has 8 nitrogen and oxygen atoms in total. The summed E-state index contributed by atoms with van der Waals surface area (Å²) in [5, 5.41) is 2.69. The maximum absolute atomic E-state index is 12.9. The summed E-state index contributed by atoms with van der Waals surface area (Å²) < 4.78 is 5.74. The molecule has 4 rings (SSSR count). The summed E-state index contributed by atoms with van der Waals surface area (Å²) in [5.41, 5.74) is 4.44. The molecule has 160 valence electrons. The van der Waals surface area contributed by atoms with Crippen molar-refractivity contribution >= 4 is 23.2 Å². The molecule has 0 saturated carbocycles. The van der Waals surface area contributed by atoms with Crippen molar-refractivity contribution in [3.05, 3.63) is 77.0 Å². The number of hydrogen-bond acceptors (Lipinski definition) is 5. The van der Waals surface area contributed by atoms with E-state index in [1.165, 1.54) is 4.90 Å². The summed E-state index contributed by atoms with van der Waals surface area (Å²) in [4.78, 5) is 39.2. The second kappa shape index (κ2) is 8.47. The van der Waals surface area contributed by atoms with Crippen LogP contribution in [-0.4, -0.2) is 41.5 Å². The van der Waals surface area contributed by atoms with Crippen LogP contribution >= 0.6 is 0 Å². The average molecular weight is 427 g/mol. The first-order valence-corrected chi connectivity index (χ1v) is 10.0. The fourth-order valence-corrected chi connectivity index (χ4v) is 3.44. The van der Waals surface area contributed by atoms with E-state index < -0.39 is 11.9 Å². The van der Waals surface area contributed by atoms with Gasteiger partial charge in [-0.05, 0) is 31.5 Å². The van der Waals surface area contributed by atoms with Gasteiger partial charge in [0.2, 0.25) is 5.82 Å². The Balaban J connectivity index is 1.56. The summed E-state index contributed by atoms with van der Waals surface area (Å²) in [6.45, 7) is 11.0. The zero-order chi connectivity index (χ0) is 22.8. The van der Waals surface area contributed by atoms with Crippen LogP contribution in [0, 0.1) is 20.4 Å². The van der Waals surface area contributed by atoms with E-state index in [0.717, 1.165) is 16.7 Å². The zero-order valence-corrected chi connectivity index (χ0v) is 17.9. The van der Waals surface area contributed by atoms with Crippen LogP contribution in [0.4, 0.5) is 11.4 Å². The average Bonchev–Trinajstić information content (AvgIpc) is 2.91. The Morgan fingerprint density at radius 1 is 1.22 bits per heavy atom. The third kappa shape index (κ3) is 4.01. The molecule has 0 saturated heterocycles. The van der Waals surface area contributed by atoms with Crippen molar-refractivity contribution in [3.8, 4) is 17.0 Å². The number of likely N-dealkylation sites (N-methyl/N-ethyl adjacent to an activating group) is 1. The highest BCUT2D eigenvalue weighted by atomic mass is 16.5. The van der Waals surface area contributed by atoms with Crippen molar-refractivity contribution in [2.45, 2.75) is 19.9 Å². The van der Waals surface area contributed by atoms with Crippen molar-refractivity contribution in [1.82, 2.24) is 15.3 Å². The molecule has 2 amide bonds. The molecular weight excluding hydrogens is 406 g/mol. The van der Waals surface area contributed by atoms with Crippen LogP contribution in [0.3, 0.4) is 0 Å². The van der Waals surface area contributed by atoms with Crippen molar-refractivity contribution in [2.24, 2.45) is 0 Å². The van der Waals surface area contributed by atoms with Gasteiger partial charge in [-0.1, -0.05) is 35.9 Å². The van der Waals surface area contributed by atoms with Gasteiger partial charge >= 0.3 is 0 Å². The number of rotatable bonds is 3. The first kappa shape index (κ1) is 21.0. The summed E-state index contributed by atoms with van der Waals surface area (Å²) in [5.74, 6) is -0.516. The van der Waals surface area contributed by atoms with Gasteiger partial charge in [0.05, 0.1) is 18.0 Å². The van der Waals surface area contributed by atoms with Gasteiger partial charge in [-0.25, -0.2) is 14.8 Å². The number of aromatic nitrogens is 2. The number of anilines is 1. The lowest BCUT2D eigenvalue weighted by Gasteiger charge is -2.20. The fraction of sp³-hybridized carbons (Fsp3) is 0.208. The quantitative estimate of drug-likeness (QED) is 0.647. The highest BCUT2D eigenvalue weighted by Gasteiger charge is 2.31. The van der Waals surface area contributed by atoms with Crippen molar-refractivity contribution in [3.63, 3.8) is 0 Å². The largest absolute Gasteiger partial charge is 0.490 e. The molecule has 0 spiro atoms. The van der Waals surface area contributed by atoms with Gasteiger partial charge in [0.1, 0.15) is 18.4 Å². The number of aryl methyl sites for hydroxylation is 2. The van der Waals surface area contributed by atoms with Crippen LogP contribution in [0.5, 0.6) is 5.75 Å². The SMILES string of the molecule is [C-]#[N+]c1ccc2c(c1)OC[C@H](NC(=O)c1ncc(C)c(-c3ccc(C)cc3)n1)C(=O)N2C. The van der Waals surface area contributed by atoms with Crippen LogP contribution in [0.2, 0.25) is 0 Å². The third-order valence-corrected chi connectivity index (χ3v) is 5.27. The summed E-state index contributed by atoms with van der Waals surface area (Å²) in [6.07, 6.45) is 1.59. The minimum Gasteiger partial charge on any atom is -0.490 e.